The van der Waals surface area contributed by atoms with Crippen molar-refractivity contribution < 1.29 is 15.0 Å². The zero-order chi connectivity index (χ0) is 7.56. The van der Waals surface area contributed by atoms with E-state index in [2.05, 4.69) is 0 Å². The number of aldehydes is 1. The van der Waals surface area contributed by atoms with Crippen LogP contribution in [0.3, 0.4) is 0 Å². The fraction of sp³-hybridized carbons (Fsp3) is 0.125. The Kier molecular flexibility index (Phi) is 3.11. The van der Waals surface area contributed by atoms with Crippen LogP contribution in [0.2, 0.25) is 0 Å². The van der Waals surface area contributed by atoms with E-state index in [9.17, 15) is 4.79 Å². The van der Waals surface area contributed by atoms with E-state index in [-0.39, 0.29) is 24.5 Å². The molecule has 1 rings (SSSR count). The van der Waals surface area contributed by atoms with Gasteiger partial charge in [-0.1, -0.05) is 13.5 Å². The van der Waals surface area contributed by atoms with Crippen LogP contribution in [0, 0.1) is 0 Å². The molecule has 0 aliphatic rings. The largest absolute Gasteiger partial charge is 0.507 e. The molecule has 0 amide bonds. The van der Waals surface area contributed by atoms with Crippen molar-refractivity contribution in [3.05, 3.63) is 23.8 Å². The maximum atomic E-state index is 10.1. The third kappa shape index (κ3) is 1.70. The van der Waals surface area contributed by atoms with Gasteiger partial charge < -0.3 is 10.2 Å². The fourth-order valence-corrected chi connectivity index (χ4v) is 0.662. The number of phenolic OH excluding ortho intramolecular Hbond substituents is 2. The van der Waals surface area contributed by atoms with E-state index in [1.165, 1.54) is 18.2 Å². The summed E-state index contributed by atoms with van der Waals surface area (Å²) < 4.78 is 0. The molecule has 0 radical (unpaired) electrons. The summed E-state index contributed by atoms with van der Waals surface area (Å²) in [4.78, 5) is 10.1. The highest BCUT2D eigenvalue weighted by Crippen LogP contribution is 2.23. The van der Waals surface area contributed by atoms with Gasteiger partial charge >= 0.3 is 0 Å². The standard InChI is InChI=1S/C7H6O3.CH4/c8-4-5-6(9)2-1-3-7(5)10;/h1-4,9-10H;1H4. The van der Waals surface area contributed by atoms with Crippen molar-refractivity contribution in [3.8, 4) is 11.5 Å². The predicted molar refractivity (Wildman–Crippen MR) is 41.9 cm³/mol. The number of benzene rings is 1. The van der Waals surface area contributed by atoms with Crippen LogP contribution in [0.5, 0.6) is 11.5 Å². The van der Waals surface area contributed by atoms with Crippen LogP contribution in [0.25, 0.3) is 0 Å². The summed E-state index contributed by atoms with van der Waals surface area (Å²) in [6.45, 7) is 0. The van der Waals surface area contributed by atoms with E-state index in [4.69, 9.17) is 10.2 Å². The minimum absolute atomic E-state index is 0. The monoisotopic (exact) mass is 154 g/mol. The third-order valence-electron chi connectivity index (χ3n) is 1.18. The molecule has 0 aromatic heterocycles. The van der Waals surface area contributed by atoms with Gasteiger partial charge in [-0.3, -0.25) is 4.79 Å². The average molecular weight is 154 g/mol. The van der Waals surface area contributed by atoms with E-state index in [0.29, 0.717) is 6.29 Å². The van der Waals surface area contributed by atoms with Gasteiger partial charge in [-0.05, 0) is 12.1 Å². The Labute approximate surface area is 64.9 Å². The fourth-order valence-electron chi connectivity index (χ4n) is 0.662. The normalized spacial score (nSPS) is 8.36. The van der Waals surface area contributed by atoms with E-state index in [1.807, 2.05) is 0 Å². The van der Waals surface area contributed by atoms with Gasteiger partial charge in [-0.15, -0.1) is 0 Å². The van der Waals surface area contributed by atoms with Crippen molar-refractivity contribution in [3.63, 3.8) is 0 Å². The molecular formula is C8H10O3. The molecule has 0 aliphatic carbocycles. The van der Waals surface area contributed by atoms with Crippen LogP contribution >= 0.6 is 0 Å². The van der Waals surface area contributed by atoms with E-state index in [1.54, 1.807) is 0 Å². The summed E-state index contributed by atoms with van der Waals surface area (Å²) in [5.41, 5.74) is -0.0671. The molecule has 0 saturated heterocycles. The maximum absolute atomic E-state index is 10.1. The van der Waals surface area contributed by atoms with Crippen molar-refractivity contribution >= 4 is 6.29 Å². The maximum Gasteiger partial charge on any atom is 0.157 e. The third-order valence-corrected chi connectivity index (χ3v) is 1.18. The van der Waals surface area contributed by atoms with Crippen molar-refractivity contribution in [1.82, 2.24) is 0 Å². The second-order valence-electron chi connectivity index (χ2n) is 1.83. The molecule has 0 aliphatic heterocycles. The Bertz CT molecular complexity index is 235. The lowest BCUT2D eigenvalue weighted by molar-refractivity contribution is 0.111. The minimum atomic E-state index is -0.199. The first-order chi connectivity index (χ1) is 4.75. The molecule has 1 aromatic rings. The summed E-state index contributed by atoms with van der Waals surface area (Å²) >= 11 is 0. The molecule has 1 aromatic carbocycles. The molecular weight excluding hydrogens is 144 g/mol. The van der Waals surface area contributed by atoms with Gasteiger partial charge in [0, 0.05) is 0 Å². The van der Waals surface area contributed by atoms with Crippen LogP contribution < -0.4 is 0 Å². The SMILES string of the molecule is C.O=Cc1c(O)cccc1O. The van der Waals surface area contributed by atoms with Crippen molar-refractivity contribution in [2.45, 2.75) is 7.43 Å². The molecule has 0 fully saturated rings. The second kappa shape index (κ2) is 3.61. The van der Waals surface area contributed by atoms with Crippen molar-refractivity contribution in [2.75, 3.05) is 0 Å². The van der Waals surface area contributed by atoms with Gasteiger partial charge in [-0.25, -0.2) is 0 Å². The summed E-state index contributed by atoms with van der Waals surface area (Å²) in [7, 11) is 0. The lowest BCUT2D eigenvalue weighted by Gasteiger charge is -1.97. The molecule has 0 heterocycles. The van der Waals surface area contributed by atoms with Crippen LogP contribution in [0.15, 0.2) is 18.2 Å². The Morgan fingerprint density at radius 3 is 1.91 bits per heavy atom. The van der Waals surface area contributed by atoms with Crippen LogP contribution in [0.1, 0.15) is 17.8 Å². The molecule has 0 atom stereocenters. The summed E-state index contributed by atoms with van der Waals surface area (Å²) in [5.74, 6) is -0.398. The lowest BCUT2D eigenvalue weighted by Crippen LogP contribution is -1.80. The second-order valence-corrected chi connectivity index (χ2v) is 1.83. The molecule has 0 bridgehead atoms. The first kappa shape index (κ1) is 9.49. The number of aromatic hydroxyl groups is 2. The Balaban J connectivity index is 0.000001000. The summed E-state index contributed by atoms with van der Waals surface area (Å²) in [6, 6.07) is 4.13. The van der Waals surface area contributed by atoms with Crippen LogP contribution in [-0.4, -0.2) is 16.5 Å². The van der Waals surface area contributed by atoms with Gasteiger partial charge in [0.05, 0.1) is 5.56 Å². The Morgan fingerprint density at radius 1 is 1.18 bits per heavy atom. The molecule has 3 heteroatoms. The highest BCUT2D eigenvalue weighted by atomic mass is 16.3. The molecule has 3 nitrogen and oxygen atoms in total. The summed E-state index contributed by atoms with van der Waals surface area (Å²) in [6.07, 6.45) is 0.407. The number of phenols is 2. The Morgan fingerprint density at radius 2 is 1.64 bits per heavy atom. The average Bonchev–Trinajstić information content (AvgIpc) is 1.88. The van der Waals surface area contributed by atoms with Gasteiger partial charge in [0.1, 0.15) is 11.5 Å². The highest BCUT2D eigenvalue weighted by Gasteiger charge is 2.02. The van der Waals surface area contributed by atoms with Gasteiger partial charge in [0.2, 0.25) is 0 Å². The smallest absolute Gasteiger partial charge is 0.157 e. The van der Waals surface area contributed by atoms with Crippen LogP contribution in [0.4, 0.5) is 0 Å². The Hall–Kier alpha value is -1.51. The zero-order valence-electron chi connectivity index (χ0n) is 5.11. The minimum Gasteiger partial charge on any atom is -0.507 e. The quantitative estimate of drug-likeness (QED) is 0.603. The first-order valence-electron chi connectivity index (χ1n) is 2.72. The molecule has 0 unspecified atom stereocenters. The molecule has 60 valence electrons. The lowest BCUT2D eigenvalue weighted by atomic mass is 10.2. The highest BCUT2D eigenvalue weighted by molar-refractivity contribution is 5.83. The predicted octanol–water partition coefficient (Wildman–Crippen LogP) is 1.55. The first-order valence-corrected chi connectivity index (χ1v) is 2.72. The van der Waals surface area contributed by atoms with Gasteiger partial charge in [0.25, 0.3) is 0 Å². The molecule has 0 saturated carbocycles. The van der Waals surface area contributed by atoms with Gasteiger partial charge in [-0.2, -0.15) is 0 Å². The molecule has 11 heavy (non-hydrogen) atoms. The number of carbonyl (C=O) groups excluding carboxylic acids is 1. The zero-order valence-corrected chi connectivity index (χ0v) is 5.11. The topological polar surface area (TPSA) is 57.5 Å². The van der Waals surface area contributed by atoms with Crippen molar-refractivity contribution in [1.29, 1.82) is 0 Å². The van der Waals surface area contributed by atoms with E-state index in [0.717, 1.165) is 0 Å². The van der Waals surface area contributed by atoms with Crippen LogP contribution in [-0.2, 0) is 0 Å². The molecule has 0 spiro atoms. The number of hydrogen-bond donors (Lipinski definition) is 2. The van der Waals surface area contributed by atoms with E-state index < -0.39 is 0 Å². The van der Waals surface area contributed by atoms with Gasteiger partial charge in [0.15, 0.2) is 6.29 Å². The molecule has 2 N–H and O–H groups in total. The number of rotatable bonds is 1. The van der Waals surface area contributed by atoms with Crippen molar-refractivity contribution in [2.24, 2.45) is 0 Å². The van der Waals surface area contributed by atoms with E-state index >= 15 is 0 Å². The summed E-state index contributed by atoms with van der Waals surface area (Å²) in [5, 5.41) is 17.8. The number of hydrogen-bond acceptors (Lipinski definition) is 3. The number of carbonyl (C=O) groups is 1.